The van der Waals surface area contributed by atoms with Gasteiger partial charge in [-0.3, -0.25) is 9.05 Å². The van der Waals surface area contributed by atoms with Gasteiger partial charge in [-0.05, 0) is 47.5 Å². The molecule has 4 bridgehead atoms. The van der Waals surface area contributed by atoms with Crippen molar-refractivity contribution in [3.63, 3.8) is 0 Å². The molecule has 3 aliphatic carbocycles. The van der Waals surface area contributed by atoms with Crippen molar-refractivity contribution >= 4 is 13.5 Å². The van der Waals surface area contributed by atoms with E-state index in [1.807, 2.05) is 0 Å². The maximum atomic E-state index is 13.4. The van der Waals surface area contributed by atoms with Crippen LogP contribution in [0, 0.1) is 28.1 Å². The van der Waals surface area contributed by atoms with Crippen molar-refractivity contribution < 1.29 is 13.6 Å². The van der Waals surface area contributed by atoms with Gasteiger partial charge in [-0.15, -0.1) is 0 Å². The van der Waals surface area contributed by atoms with Gasteiger partial charge in [0.05, 0.1) is 13.2 Å². The number of nitrogens with zero attached hydrogens (tertiary/aromatic N) is 1. The minimum absolute atomic E-state index is 0.0668. The van der Waals surface area contributed by atoms with E-state index in [2.05, 4.69) is 65.0 Å². The van der Waals surface area contributed by atoms with Crippen LogP contribution in [-0.2, 0) is 19.0 Å². The first-order chi connectivity index (χ1) is 13.1. The average molecular weight is 401 g/mol. The summed E-state index contributed by atoms with van der Waals surface area (Å²) in [6, 6.07) is 10.8. The van der Waals surface area contributed by atoms with Crippen LogP contribution in [0.25, 0.3) is 0 Å². The second-order valence-electron chi connectivity index (χ2n) is 10.9. The molecule has 1 aromatic rings. The van der Waals surface area contributed by atoms with Crippen molar-refractivity contribution in [2.75, 3.05) is 13.2 Å². The molecule has 4 fully saturated rings. The van der Waals surface area contributed by atoms with E-state index >= 15 is 0 Å². The van der Waals surface area contributed by atoms with Gasteiger partial charge < -0.3 is 0 Å². The summed E-state index contributed by atoms with van der Waals surface area (Å²) in [6.45, 7) is 12.2. The Kier molecular flexibility index (Phi) is 3.80. The summed E-state index contributed by atoms with van der Waals surface area (Å²) in [5.74, 6) is 1.28. The van der Waals surface area contributed by atoms with Crippen LogP contribution in [0.3, 0.4) is 0 Å². The molecule has 4 aliphatic rings. The van der Waals surface area contributed by atoms with E-state index < -0.39 is 7.75 Å². The Hall–Kier alpha value is -0.960. The maximum absolute atomic E-state index is 13.4. The van der Waals surface area contributed by atoms with E-state index in [4.69, 9.17) is 13.8 Å². The third-order valence-corrected chi connectivity index (χ3v) is 9.96. The molecule has 0 unspecified atom stereocenters. The fraction of sp³-hybridized carbons (Fsp3) is 0.696. The molecule has 0 amide bonds. The van der Waals surface area contributed by atoms with Crippen molar-refractivity contribution in [3.8, 4) is 0 Å². The maximum Gasteiger partial charge on any atom is 0.453 e. The lowest BCUT2D eigenvalue weighted by atomic mass is 9.49. The van der Waals surface area contributed by atoms with Gasteiger partial charge in [-0.2, -0.15) is 4.76 Å². The zero-order valence-electron chi connectivity index (χ0n) is 17.7. The third-order valence-electron chi connectivity index (χ3n) is 8.56. The first-order valence-corrected chi connectivity index (χ1v) is 12.1. The molecule has 1 aromatic carbocycles. The highest BCUT2D eigenvalue weighted by Gasteiger charge is 2.79. The zero-order chi connectivity index (χ0) is 20.0. The first kappa shape index (κ1) is 19.0. The van der Waals surface area contributed by atoms with Crippen LogP contribution in [0.4, 0.5) is 0 Å². The minimum atomic E-state index is -3.46. The predicted molar refractivity (Wildman–Crippen MR) is 112 cm³/mol. The van der Waals surface area contributed by atoms with Crippen LogP contribution in [0.2, 0.25) is 0 Å². The highest BCUT2D eigenvalue weighted by Crippen LogP contribution is 2.81. The molecule has 152 valence electrons. The summed E-state index contributed by atoms with van der Waals surface area (Å²) in [5, 5.41) is 0. The molecule has 1 heterocycles. The van der Waals surface area contributed by atoms with E-state index in [1.165, 1.54) is 18.4 Å². The Balaban J connectivity index is 1.67. The molecule has 0 N–H and O–H groups in total. The largest absolute Gasteiger partial charge is 0.453 e. The van der Waals surface area contributed by atoms with E-state index in [-0.39, 0.29) is 21.7 Å². The molecule has 28 heavy (non-hydrogen) atoms. The van der Waals surface area contributed by atoms with Gasteiger partial charge in [0.1, 0.15) is 0 Å². The van der Waals surface area contributed by atoms with E-state index in [0.717, 1.165) is 12.1 Å². The van der Waals surface area contributed by atoms with Gasteiger partial charge in [-0.1, -0.05) is 65.0 Å². The Morgan fingerprint density at radius 1 is 1.00 bits per heavy atom. The lowest BCUT2D eigenvalue weighted by Crippen LogP contribution is -2.55. The second-order valence-corrected chi connectivity index (χ2v) is 12.6. The summed E-state index contributed by atoms with van der Waals surface area (Å²) in [6.07, 6.45) is 3.41. The van der Waals surface area contributed by atoms with Crippen LogP contribution in [0.5, 0.6) is 0 Å². The molecular formula is C23H32NO3P. The first-order valence-electron chi connectivity index (χ1n) is 10.6. The standard InChI is InChI=1S/C23H32NO3P/c1-20(2)14-26-28(25,27-15-20)24-19-13-18-17-11-12-22(18,5)23(19,21(17,3)4)16-9-7-6-8-10-16/h6-10,17-18H,11-15H2,1-5H3/b24-19+/t17-,18+,22+,23-/m1/s1. The Morgan fingerprint density at radius 2 is 1.64 bits per heavy atom. The van der Waals surface area contributed by atoms with E-state index in [1.54, 1.807) is 0 Å². The quantitative estimate of drug-likeness (QED) is 0.569. The number of benzene rings is 1. The summed E-state index contributed by atoms with van der Waals surface area (Å²) in [7, 11) is -3.46. The lowest BCUT2D eigenvalue weighted by molar-refractivity contribution is 0.0412. The van der Waals surface area contributed by atoms with Crippen LogP contribution in [-0.4, -0.2) is 18.9 Å². The van der Waals surface area contributed by atoms with Gasteiger partial charge in [0.2, 0.25) is 0 Å². The van der Waals surface area contributed by atoms with Crippen molar-refractivity contribution in [1.82, 2.24) is 0 Å². The zero-order valence-corrected chi connectivity index (χ0v) is 18.6. The van der Waals surface area contributed by atoms with Crippen molar-refractivity contribution in [3.05, 3.63) is 35.9 Å². The molecule has 0 spiro atoms. The molecule has 4 nitrogen and oxygen atoms in total. The van der Waals surface area contributed by atoms with Crippen LogP contribution < -0.4 is 0 Å². The summed E-state index contributed by atoms with van der Waals surface area (Å²) < 4.78 is 29.8. The smallest absolute Gasteiger partial charge is 0.290 e. The highest BCUT2D eigenvalue weighted by molar-refractivity contribution is 7.52. The van der Waals surface area contributed by atoms with Gasteiger partial charge in [0.25, 0.3) is 0 Å². The molecular weight excluding hydrogens is 369 g/mol. The normalized spacial score (nSPS) is 43.5. The number of hydrogen-bond acceptors (Lipinski definition) is 3. The molecule has 5 rings (SSSR count). The molecule has 0 radical (unpaired) electrons. The Labute approximate surface area is 168 Å². The van der Waals surface area contributed by atoms with Gasteiger partial charge in [0.15, 0.2) is 0 Å². The predicted octanol–water partition coefficient (Wildman–Crippen LogP) is 6.02. The molecule has 1 saturated heterocycles. The summed E-state index contributed by atoms with van der Waals surface area (Å²) in [4.78, 5) is 0. The van der Waals surface area contributed by atoms with Gasteiger partial charge in [-0.25, -0.2) is 4.57 Å². The number of hydrogen-bond donors (Lipinski definition) is 0. The van der Waals surface area contributed by atoms with Gasteiger partial charge in [0, 0.05) is 16.5 Å². The minimum Gasteiger partial charge on any atom is -0.290 e. The fourth-order valence-corrected chi connectivity index (χ4v) is 9.27. The monoisotopic (exact) mass is 401 g/mol. The number of rotatable bonds is 2. The van der Waals surface area contributed by atoms with Crippen LogP contribution in [0.1, 0.15) is 59.4 Å². The van der Waals surface area contributed by atoms with Crippen molar-refractivity contribution in [2.24, 2.45) is 32.8 Å². The van der Waals surface area contributed by atoms with Crippen molar-refractivity contribution in [2.45, 2.75) is 59.3 Å². The van der Waals surface area contributed by atoms with Crippen molar-refractivity contribution in [1.29, 1.82) is 0 Å². The lowest BCUT2D eigenvalue weighted by Gasteiger charge is -2.54. The molecule has 4 atom stereocenters. The van der Waals surface area contributed by atoms with E-state index in [0.29, 0.717) is 25.0 Å². The average Bonchev–Trinajstić information content (AvgIpc) is 3.13. The molecule has 3 saturated carbocycles. The topological polar surface area (TPSA) is 47.9 Å². The third kappa shape index (κ3) is 2.15. The Morgan fingerprint density at radius 3 is 2.25 bits per heavy atom. The van der Waals surface area contributed by atoms with Crippen LogP contribution in [0.15, 0.2) is 35.1 Å². The molecule has 5 heteroatoms. The van der Waals surface area contributed by atoms with Gasteiger partial charge >= 0.3 is 7.75 Å². The van der Waals surface area contributed by atoms with E-state index in [9.17, 15) is 4.57 Å². The fourth-order valence-electron chi connectivity index (χ4n) is 7.53. The summed E-state index contributed by atoms with van der Waals surface area (Å²) >= 11 is 0. The molecule has 0 aromatic heterocycles. The second kappa shape index (κ2) is 5.59. The SMILES string of the molecule is CC1(C)COP(=O)(/N=C2\C[C@H]3[C@H]4CC[C@]3(C)[C@@]2(c2ccccc2)C4(C)C)OC1. The van der Waals surface area contributed by atoms with Crippen LogP contribution >= 0.6 is 7.75 Å². The highest BCUT2D eigenvalue weighted by atomic mass is 31.2. The summed E-state index contributed by atoms with van der Waals surface area (Å²) in [5.41, 5.74) is 2.26. The Bertz CT molecular complexity index is 878. The molecule has 1 aliphatic heterocycles.